The molecule has 0 aromatic rings. The molecule has 0 amide bonds. The predicted octanol–water partition coefficient (Wildman–Crippen LogP) is 15.2. The first-order valence-electron chi connectivity index (χ1n) is 23.4. The molecule has 332 valence electrons. The first-order valence-corrected chi connectivity index (χ1v) is 23.4. The number of carbonyl (C=O) groups is 3. The van der Waals surface area contributed by atoms with Crippen LogP contribution in [-0.4, -0.2) is 37.2 Å². The topological polar surface area (TPSA) is 78.9 Å². The van der Waals surface area contributed by atoms with Gasteiger partial charge in [-0.3, -0.25) is 14.4 Å². The van der Waals surface area contributed by atoms with Crippen molar-refractivity contribution < 1.29 is 28.6 Å². The molecule has 0 aromatic carbocycles. The van der Waals surface area contributed by atoms with E-state index in [9.17, 15) is 14.4 Å². The van der Waals surface area contributed by atoms with Crippen molar-refractivity contribution in [3.63, 3.8) is 0 Å². The molecular formula is C53H84O6. The average Bonchev–Trinajstić information content (AvgIpc) is 3.23. The van der Waals surface area contributed by atoms with E-state index in [4.69, 9.17) is 14.2 Å². The summed E-state index contributed by atoms with van der Waals surface area (Å²) < 4.78 is 16.6. The predicted molar refractivity (Wildman–Crippen MR) is 251 cm³/mol. The third-order valence-corrected chi connectivity index (χ3v) is 9.32. The summed E-state index contributed by atoms with van der Waals surface area (Å²) in [5.74, 6) is -1.04. The van der Waals surface area contributed by atoms with Crippen molar-refractivity contribution in [2.24, 2.45) is 0 Å². The van der Waals surface area contributed by atoms with Crippen molar-refractivity contribution in [1.82, 2.24) is 0 Å². The molecule has 0 spiro atoms. The lowest BCUT2D eigenvalue weighted by Gasteiger charge is -2.18. The number of allylic oxidation sites excluding steroid dienone is 18. The summed E-state index contributed by atoms with van der Waals surface area (Å²) in [6.45, 7) is 6.23. The van der Waals surface area contributed by atoms with Crippen LogP contribution in [0.15, 0.2) is 109 Å². The zero-order valence-corrected chi connectivity index (χ0v) is 37.7. The minimum Gasteiger partial charge on any atom is -0.462 e. The fourth-order valence-electron chi connectivity index (χ4n) is 5.82. The van der Waals surface area contributed by atoms with E-state index in [0.29, 0.717) is 19.3 Å². The van der Waals surface area contributed by atoms with Gasteiger partial charge in [0.05, 0.1) is 0 Å². The Kier molecular flexibility index (Phi) is 43.6. The zero-order valence-electron chi connectivity index (χ0n) is 37.7. The summed E-state index contributed by atoms with van der Waals surface area (Å²) >= 11 is 0. The van der Waals surface area contributed by atoms with Crippen LogP contribution in [0.5, 0.6) is 0 Å². The van der Waals surface area contributed by atoms with E-state index in [-0.39, 0.29) is 37.5 Å². The molecule has 59 heavy (non-hydrogen) atoms. The first-order chi connectivity index (χ1) is 29.0. The van der Waals surface area contributed by atoms with E-state index in [1.165, 1.54) is 32.1 Å². The number of rotatable bonds is 40. The summed E-state index contributed by atoms with van der Waals surface area (Å²) in [6.07, 6.45) is 62.3. The molecule has 6 heteroatoms. The fraction of sp³-hybridized carbons (Fsp3) is 0.604. The largest absolute Gasteiger partial charge is 0.462 e. The Balaban J connectivity index is 4.53. The molecular weight excluding hydrogens is 733 g/mol. The van der Waals surface area contributed by atoms with Crippen LogP contribution < -0.4 is 0 Å². The highest BCUT2D eigenvalue weighted by atomic mass is 16.6. The number of unbranched alkanes of at least 4 members (excludes halogenated alkanes) is 13. The molecule has 6 nitrogen and oxygen atoms in total. The molecule has 0 fully saturated rings. The second kappa shape index (κ2) is 46.8. The molecule has 0 rings (SSSR count). The second-order valence-electron chi connectivity index (χ2n) is 15.0. The maximum Gasteiger partial charge on any atom is 0.306 e. The summed E-state index contributed by atoms with van der Waals surface area (Å²) in [4.78, 5) is 37.8. The standard InChI is InChI=1S/C53H84O6/c1-4-7-10-13-16-19-22-24-26-28-29-31-34-37-40-43-46-52(55)58-49-50(48-57-51(54)45-42-39-36-33-21-18-15-12-9-6-3)59-53(56)47-44-41-38-35-32-30-27-25-23-20-17-14-11-8-5-2/h7-8,10-11,14-20,23-24,26,29,31,37,40,50H,4-6,9,12-13,21-22,25,27-28,30,32-36,38-39,41-49H2,1-3H3/b10-7-,11-8-,17-14-,18-15-,19-16-,23-20-,26-24-,31-29-,40-37-. The highest BCUT2D eigenvalue weighted by Crippen LogP contribution is 2.12. The van der Waals surface area contributed by atoms with E-state index < -0.39 is 6.10 Å². The van der Waals surface area contributed by atoms with Crippen LogP contribution in [0.2, 0.25) is 0 Å². The molecule has 1 atom stereocenters. The summed E-state index contributed by atoms with van der Waals surface area (Å²) in [5, 5.41) is 0. The molecule has 0 aliphatic rings. The van der Waals surface area contributed by atoms with Gasteiger partial charge >= 0.3 is 17.9 Å². The van der Waals surface area contributed by atoms with E-state index in [1.807, 2.05) is 12.2 Å². The molecule has 0 aliphatic heterocycles. The average molecular weight is 817 g/mol. The molecule has 0 saturated carbocycles. The van der Waals surface area contributed by atoms with Gasteiger partial charge in [0.15, 0.2) is 6.10 Å². The highest BCUT2D eigenvalue weighted by molar-refractivity contribution is 5.71. The van der Waals surface area contributed by atoms with Crippen molar-refractivity contribution >= 4 is 17.9 Å². The van der Waals surface area contributed by atoms with Gasteiger partial charge in [0, 0.05) is 19.3 Å². The Bertz CT molecular complexity index is 1260. The van der Waals surface area contributed by atoms with Crippen molar-refractivity contribution in [3.8, 4) is 0 Å². The molecule has 0 radical (unpaired) electrons. The minimum atomic E-state index is -0.819. The summed E-state index contributed by atoms with van der Waals surface area (Å²) in [6, 6.07) is 0. The molecule has 0 N–H and O–H groups in total. The lowest BCUT2D eigenvalue weighted by molar-refractivity contribution is -0.166. The second-order valence-corrected chi connectivity index (χ2v) is 15.0. The molecule has 0 aromatic heterocycles. The number of ether oxygens (including phenoxy) is 3. The lowest BCUT2D eigenvalue weighted by atomic mass is 10.1. The number of esters is 3. The zero-order chi connectivity index (χ0) is 43.0. The van der Waals surface area contributed by atoms with Crippen LogP contribution in [0.1, 0.15) is 188 Å². The monoisotopic (exact) mass is 817 g/mol. The van der Waals surface area contributed by atoms with Crippen molar-refractivity contribution in [3.05, 3.63) is 109 Å². The van der Waals surface area contributed by atoms with Crippen LogP contribution in [0.25, 0.3) is 0 Å². The smallest absolute Gasteiger partial charge is 0.306 e. The summed E-state index contributed by atoms with van der Waals surface area (Å²) in [5.41, 5.74) is 0. The quantitative estimate of drug-likeness (QED) is 0.0201. The van der Waals surface area contributed by atoms with Gasteiger partial charge in [-0.2, -0.15) is 0 Å². The van der Waals surface area contributed by atoms with Gasteiger partial charge in [-0.1, -0.05) is 188 Å². The number of hydrogen-bond acceptors (Lipinski definition) is 6. The maximum atomic E-state index is 12.7. The molecule has 0 bridgehead atoms. The van der Waals surface area contributed by atoms with Gasteiger partial charge in [-0.05, 0) is 89.9 Å². The highest BCUT2D eigenvalue weighted by Gasteiger charge is 2.19. The number of carbonyl (C=O) groups excluding carboxylic acids is 3. The Morgan fingerprint density at radius 3 is 1.32 bits per heavy atom. The first kappa shape index (κ1) is 55.1. The SMILES string of the molecule is CC\C=C/C=C\C=C/CCCCCCCCCC(=O)OC(COC(=O)CC/C=C\C/C=C\C/C=C\C/C=C\C/C=C\CC)COC(=O)CCCCCC/C=C\CCCC. The molecule has 0 saturated heterocycles. The Labute approximate surface area is 361 Å². The molecule has 0 heterocycles. The van der Waals surface area contributed by atoms with Crippen LogP contribution in [0, 0.1) is 0 Å². The van der Waals surface area contributed by atoms with E-state index in [2.05, 4.69) is 118 Å². The number of hydrogen-bond donors (Lipinski definition) is 0. The van der Waals surface area contributed by atoms with E-state index >= 15 is 0 Å². The van der Waals surface area contributed by atoms with Crippen molar-refractivity contribution in [1.29, 1.82) is 0 Å². The Morgan fingerprint density at radius 1 is 0.373 bits per heavy atom. The van der Waals surface area contributed by atoms with Crippen LogP contribution in [-0.2, 0) is 28.6 Å². The van der Waals surface area contributed by atoms with Crippen LogP contribution >= 0.6 is 0 Å². The van der Waals surface area contributed by atoms with E-state index in [1.54, 1.807) is 0 Å². The van der Waals surface area contributed by atoms with Gasteiger partial charge in [0.1, 0.15) is 13.2 Å². The lowest BCUT2D eigenvalue weighted by Crippen LogP contribution is -2.30. The third kappa shape index (κ3) is 45.0. The Hall–Kier alpha value is -3.93. The molecule has 0 aliphatic carbocycles. The fourth-order valence-corrected chi connectivity index (χ4v) is 5.82. The third-order valence-electron chi connectivity index (χ3n) is 9.32. The van der Waals surface area contributed by atoms with Crippen molar-refractivity contribution in [2.75, 3.05) is 13.2 Å². The van der Waals surface area contributed by atoms with E-state index in [0.717, 1.165) is 109 Å². The van der Waals surface area contributed by atoms with Crippen LogP contribution in [0.4, 0.5) is 0 Å². The van der Waals surface area contributed by atoms with Gasteiger partial charge in [-0.25, -0.2) is 0 Å². The van der Waals surface area contributed by atoms with Gasteiger partial charge in [0.25, 0.3) is 0 Å². The van der Waals surface area contributed by atoms with Gasteiger partial charge in [0.2, 0.25) is 0 Å². The maximum absolute atomic E-state index is 12.7. The van der Waals surface area contributed by atoms with Crippen LogP contribution in [0.3, 0.4) is 0 Å². The Morgan fingerprint density at radius 2 is 0.780 bits per heavy atom. The molecule has 1 unspecified atom stereocenters. The summed E-state index contributed by atoms with van der Waals surface area (Å²) in [7, 11) is 0. The van der Waals surface area contributed by atoms with Crippen molar-refractivity contribution in [2.45, 2.75) is 194 Å². The normalized spacial score (nSPS) is 13.1. The van der Waals surface area contributed by atoms with Gasteiger partial charge in [-0.15, -0.1) is 0 Å². The van der Waals surface area contributed by atoms with Gasteiger partial charge < -0.3 is 14.2 Å². The minimum absolute atomic E-state index is 0.115.